The summed E-state index contributed by atoms with van der Waals surface area (Å²) < 4.78 is 2.14. The van der Waals surface area contributed by atoms with Crippen LogP contribution in [0.25, 0.3) is 0 Å². The summed E-state index contributed by atoms with van der Waals surface area (Å²) in [4.78, 5) is 4.14. The van der Waals surface area contributed by atoms with E-state index in [2.05, 4.69) is 54.6 Å². The molecule has 1 unspecified atom stereocenters. The van der Waals surface area contributed by atoms with Crippen LogP contribution in [0.1, 0.15) is 55.6 Å². The van der Waals surface area contributed by atoms with Gasteiger partial charge in [-0.05, 0) is 47.1 Å². The second-order valence-corrected chi connectivity index (χ2v) is 10.4. The van der Waals surface area contributed by atoms with Crippen LogP contribution in [-0.2, 0) is 17.7 Å². The van der Waals surface area contributed by atoms with Crippen molar-refractivity contribution in [1.82, 2.24) is 9.55 Å². The van der Waals surface area contributed by atoms with Crippen LogP contribution in [0.2, 0.25) is 10.0 Å². The first-order valence-electron chi connectivity index (χ1n) is 9.94. The lowest BCUT2D eigenvalue weighted by Gasteiger charge is -2.22. The fourth-order valence-electron chi connectivity index (χ4n) is 3.25. The largest absolute Gasteiger partial charge is 0.337 e. The van der Waals surface area contributed by atoms with Crippen molar-refractivity contribution in [2.24, 2.45) is 0 Å². The summed E-state index contributed by atoms with van der Waals surface area (Å²) in [7, 11) is 0. The van der Waals surface area contributed by atoms with Gasteiger partial charge in [-0.15, -0.1) is 11.8 Å². The number of aryl methyl sites for hydroxylation is 1. The van der Waals surface area contributed by atoms with Gasteiger partial charge in [0.05, 0.1) is 6.33 Å². The molecule has 2 nitrogen and oxygen atoms in total. The molecule has 0 spiro atoms. The standard InChI is InChI=1S/C24H28Cl2N2S/c1-24(2,3)20-9-6-18(7-10-20)23(5-4-13-28-14-12-27-17-28)29-16-19-8-11-21(25)15-22(19)26/h6-12,14-15,17,23H,4-5,13,16H2,1-3H3. The van der Waals surface area contributed by atoms with E-state index in [1.165, 1.54) is 11.1 Å². The van der Waals surface area contributed by atoms with E-state index in [1.54, 1.807) is 0 Å². The van der Waals surface area contributed by atoms with E-state index in [-0.39, 0.29) is 5.41 Å². The Balaban J connectivity index is 1.71. The number of thioether (sulfide) groups is 1. The van der Waals surface area contributed by atoms with E-state index in [9.17, 15) is 0 Å². The molecule has 0 radical (unpaired) electrons. The lowest BCUT2D eigenvalue weighted by atomic mass is 9.86. The Kier molecular flexibility index (Phi) is 7.72. The molecule has 0 N–H and O–H groups in total. The zero-order valence-corrected chi connectivity index (χ0v) is 19.6. The van der Waals surface area contributed by atoms with Gasteiger partial charge in [-0.25, -0.2) is 4.98 Å². The molecular formula is C24H28Cl2N2S. The van der Waals surface area contributed by atoms with Gasteiger partial charge in [0.2, 0.25) is 0 Å². The van der Waals surface area contributed by atoms with Gasteiger partial charge in [0.15, 0.2) is 0 Å². The molecular weight excluding hydrogens is 419 g/mol. The Labute approximate surface area is 188 Å². The summed E-state index contributed by atoms with van der Waals surface area (Å²) >= 11 is 14.4. The number of rotatable bonds is 8. The number of halogens is 2. The van der Waals surface area contributed by atoms with Gasteiger partial charge in [0.25, 0.3) is 0 Å². The predicted octanol–water partition coefficient (Wildman–Crippen LogP) is 7.94. The Bertz CT molecular complexity index is 900. The monoisotopic (exact) mass is 446 g/mol. The average molecular weight is 447 g/mol. The zero-order valence-electron chi connectivity index (χ0n) is 17.2. The lowest BCUT2D eigenvalue weighted by molar-refractivity contribution is 0.588. The predicted molar refractivity (Wildman–Crippen MR) is 127 cm³/mol. The zero-order chi connectivity index (χ0) is 20.9. The van der Waals surface area contributed by atoms with Gasteiger partial charge in [0, 0.05) is 40.0 Å². The minimum absolute atomic E-state index is 0.166. The Hall–Kier alpha value is -1.42. The van der Waals surface area contributed by atoms with Gasteiger partial charge in [-0.1, -0.05) is 74.3 Å². The van der Waals surface area contributed by atoms with E-state index >= 15 is 0 Å². The third kappa shape index (κ3) is 6.53. The third-order valence-electron chi connectivity index (χ3n) is 5.05. The second-order valence-electron chi connectivity index (χ2n) is 8.35. The Morgan fingerprint density at radius 1 is 1.07 bits per heavy atom. The molecule has 3 aromatic rings. The van der Waals surface area contributed by atoms with Crippen LogP contribution in [0.15, 0.2) is 61.2 Å². The number of aromatic nitrogens is 2. The average Bonchev–Trinajstić information content (AvgIpc) is 3.18. The quantitative estimate of drug-likeness (QED) is 0.349. The smallest absolute Gasteiger partial charge is 0.0945 e. The first-order chi connectivity index (χ1) is 13.8. The van der Waals surface area contributed by atoms with Gasteiger partial charge in [0.1, 0.15) is 0 Å². The van der Waals surface area contributed by atoms with Crippen molar-refractivity contribution < 1.29 is 0 Å². The van der Waals surface area contributed by atoms with Crippen LogP contribution < -0.4 is 0 Å². The van der Waals surface area contributed by atoms with Crippen molar-refractivity contribution in [3.63, 3.8) is 0 Å². The molecule has 1 atom stereocenters. The molecule has 1 heterocycles. The molecule has 154 valence electrons. The van der Waals surface area contributed by atoms with Gasteiger partial charge >= 0.3 is 0 Å². The molecule has 0 aliphatic rings. The molecule has 0 fully saturated rings. The van der Waals surface area contributed by atoms with Crippen LogP contribution in [0, 0.1) is 0 Å². The van der Waals surface area contributed by atoms with Crippen molar-refractivity contribution >= 4 is 35.0 Å². The molecule has 5 heteroatoms. The van der Waals surface area contributed by atoms with Crippen LogP contribution in [0.3, 0.4) is 0 Å². The van der Waals surface area contributed by atoms with Gasteiger partial charge < -0.3 is 4.57 Å². The maximum absolute atomic E-state index is 6.39. The highest BCUT2D eigenvalue weighted by molar-refractivity contribution is 7.98. The summed E-state index contributed by atoms with van der Waals surface area (Å²) in [6.45, 7) is 7.74. The molecule has 0 saturated heterocycles. The highest BCUT2D eigenvalue weighted by atomic mass is 35.5. The molecule has 29 heavy (non-hydrogen) atoms. The van der Waals surface area contributed by atoms with Crippen molar-refractivity contribution in [3.05, 3.63) is 87.9 Å². The molecule has 2 aromatic carbocycles. The molecule has 0 saturated carbocycles. The fraction of sp³-hybridized carbons (Fsp3) is 0.375. The molecule has 0 amide bonds. The summed E-state index contributed by atoms with van der Waals surface area (Å²) in [6.07, 6.45) is 7.94. The van der Waals surface area contributed by atoms with Crippen LogP contribution >= 0.6 is 35.0 Å². The van der Waals surface area contributed by atoms with Crippen LogP contribution in [0.5, 0.6) is 0 Å². The molecule has 1 aromatic heterocycles. The molecule has 0 aliphatic heterocycles. The van der Waals surface area contributed by atoms with E-state index < -0.39 is 0 Å². The summed E-state index contributed by atoms with van der Waals surface area (Å²) in [6, 6.07) is 14.9. The maximum atomic E-state index is 6.39. The van der Waals surface area contributed by atoms with Crippen molar-refractivity contribution in [2.45, 2.75) is 56.6 Å². The number of nitrogens with zero attached hydrogens (tertiary/aromatic N) is 2. The number of benzene rings is 2. The fourth-order valence-corrected chi connectivity index (χ4v) is 5.12. The van der Waals surface area contributed by atoms with E-state index in [1.807, 2.05) is 48.7 Å². The first-order valence-corrected chi connectivity index (χ1v) is 11.7. The molecule has 0 bridgehead atoms. The first kappa shape index (κ1) is 22.3. The van der Waals surface area contributed by atoms with Gasteiger partial charge in [-0.2, -0.15) is 0 Å². The number of hydrogen-bond acceptors (Lipinski definition) is 2. The highest BCUT2D eigenvalue weighted by Gasteiger charge is 2.17. The van der Waals surface area contributed by atoms with Crippen molar-refractivity contribution in [2.75, 3.05) is 0 Å². The summed E-state index contributed by atoms with van der Waals surface area (Å²) in [5.74, 6) is 0.868. The van der Waals surface area contributed by atoms with E-state index in [0.29, 0.717) is 10.3 Å². The van der Waals surface area contributed by atoms with E-state index in [0.717, 1.165) is 35.7 Å². The molecule has 0 aliphatic carbocycles. The normalized spacial score (nSPS) is 12.9. The van der Waals surface area contributed by atoms with Crippen molar-refractivity contribution in [1.29, 1.82) is 0 Å². The van der Waals surface area contributed by atoms with Crippen LogP contribution in [0.4, 0.5) is 0 Å². The SMILES string of the molecule is CC(C)(C)c1ccc(C(CCCn2ccnc2)SCc2ccc(Cl)cc2Cl)cc1. The second kappa shape index (κ2) is 10.1. The number of imidazole rings is 1. The van der Waals surface area contributed by atoms with Gasteiger partial charge in [-0.3, -0.25) is 0 Å². The van der Waals surface area contributed by atoms with Crippen LogP contribution in [-0.4, -0.2) is 9.55 Å². The lowest BCUT2D eigenvalue weighted by Crippen LogP contribution is -2.11. The summed E-state index contributed by atoms with van der Waals surface area (Å²) in [5, 5.41) is 1.84. The van der Waals surface area contributed by atoms with Crippen molar-refractivity contribution in [3.8, 4) is 0 Å². The minimum Gasteiger partial charge on any atom is -0.337 e. The van der Waals surface area contributed by atoms with E-state index in [4.69, 9.17) is 23.2 Å². The topological polar surface area (TPSA) is 17.8 Å². The molecule has 3 rings (SSSR count). The highest BCUT2D eigenvalue weighted by Crippen LogP contribution is 2.38. The number of hydrogen-bond donors (Lipinski definition) is 0. The maximum Gasteiger partial charge on any atom is 0.0945 e. The minimum atomic E-state index is 0.166. The Morgan fingerprint density at radius 3 is 2.45 bits per heavy atom. The summed E-state index contributed by atoms with van der Waals surface area (Å²) in [5.41, 5.74) is 4.04. The Morgan fingerprint density at radius 2 is 1.83 bits per heavy atom. The third-order valence-corrected chi connectivity index (χ3v) is 7.02.